The molecule has 0 saturated carbocycles. The summed E-state index contributed by atoms with van der Waals surface area (Å²) in [7, 11) is 0.716. The number of aromatic nitrogens is 4. The summed E-state index contributed by atoms with van der Waals surface area (Å²) in [5.41, 5.74) is 42.0. The number of nitrogens with zero attached hydrogens (tertiary/aromatic N) is 6. The molecule has 26 rings (SSSR count). The van der Waals surface area contributed by atoms with Gasteiger partial charge in [0.25, 0.3) is 0 Å². The lowest BCUT2D eigenvalue weighted by molar-refractivity contribution is 0.454. The minimum Gasteiger partial charge on any atom is -0.537 e. The molecule has 4 heterocycles. The highest BCUT2D eigenvalue weighted by molar-refractivity contribution is 9.10. The summed E-state index contributed by atoms with van der Waals surface area (Å²) >= 11 is 3.69. The van der Waals surface area contributed by atoms with Crippen LogP contribution in [0.5, 0.6) is 5.75 Å². The summed E-state index contributed by atoms with van der Waals surface area (Å²) in [6.45, 7) is 18.7. The summed E-state index contributed by atoms with van der Waals surface area (Å²) in [5.74, 6) is 0.585. The normalized spacial score (nSPS) is 13.8. The number of para-hydroxylation sites is 4. The van der Waals surface area contributed by atoms with Crippen molar-refractivity contribution in [3.8, 4) is 84.1 Å². The molecule has 134 heavy (non-hydrogen) atoms. The topological polar surface area (TPSA) is 55.7 Å². The van der Waals surface area contributed by atoms with E-state index >= 15 is 0 Å². The Kier molecular flexibility index (Phi) is 19.3. The van der Waals surface area contributed by atoms with E-state index in [1.807, 2.05) is 24.3 Å². The monoisotopic (exact) mass is 1790 g/mol. The summed E-state index contributed by atoms with van der Waals surface area (Å²) in [6.07, 6.45) is 4.38. The third-order valence-corrected chi connectivity index (χ3v) is 29.8. The molecule has 0 saturated heterocycles. The van der Waals surface area contributed by atoms with Crippen LogP contribution in [-0.4, -0.2) is 31.0 Å². The summed E-state index contributed by atoms with van der Waals surface area (Å²) in [6, 6.07) is 150. The Hall–Kier alpha value is -15.5. The number of rotatable bonds is 13. The standard InChI is InChI=1S/C62H47N3.C36H31BNO2.C26H17BrN2/c1-61(2)53-21-13-11-19-48(53)50-31-29-46(38-55(50)61)64(47-30-32-51-49-20-12-14-22-54(49)62(3,4)56(51)39-47)45-27-23-40(24-28-45)42-26-33-57-52(37-42)59-58(65(57)44-17-9-6-10-18-44)34-25-41-35-36-63(60(41)59)43-15-7-5-8-16-43;1-35(2)31-11-7-5-9-27(31)29-19-15-24(21-33(29)35)38(23-13-17-26(18-14-23)40-37-39)25-16-20-30-28-10-6-8-12-32(28)36(3,4)34(30)22-25;27-19-12-14-23-22(17-19)25-24(29(23)21-9-5-2-6-10-21)13-11-18-15-16-28(26(18)25)20-7-3-1-4-8-20/h5-39H,1-4H3;5-22,39H,1-4H3;1-17H. The molecule has 0 aliphatic heterocycles. The van der Waals surface area contributed by atoms with Gasteiger partial charge < -0.3 is 37.7 Å². The largest absolute Gasteiger partial charge is 0.569 e. The zero-order valence-electron chi connectivity index (χ0n) is 75.9. The molecule has 4 aliphatic rings. The Labute approximate surface area is 790 Å². The van der Waals surface area contributed by atoms with Gasteiger partial charge in [0.2, 0.25) is 0 Å². The molecule has 4 aliphatic carbocycles. The molecule has 643 valence electrons. The highest BCUT2D eigenvalue weighted by Crippen LogP contribution is 2.57. The van der Waals surface area contributed by atoms with Crippen molar-refractivity contribution in [3.63, 3.8) is 0 Å². The summed E-state index contributed by atoms with van der Waals surface area (Å²) < 4.78 is 15.7. The first-order chi connectivity index (χ1) is 65.4. The van der Waals surface area contributed by atoms with Gasteiger partial charge in [-0.2, -0.15) is 0 Å². The van der Waals surface area contributed by atoms with E-state index < -0.39 is 0 Å². The number of halogens is 1. The zero-order valence-corrected chi connectivity index (χ0v) is 77.5. The smallest absolute Gasteiger partial charge is 0.537 e. The first-order valence-electron chi connectivity index (χ1n) is 46.3. The van der Waals surface area contributed by atoms with Crippen LogP contribution in [0.2, 0.25) is 0 Å². The maximum atomic E-state index is 9.12. The lowest BCUT2D eigenvalue weighted by Gasteiger charge is -2.30. The van der Waals surface area contributed by atoms with Crippen molar-refractivity contribution in [2.45, 2.75) is 77.0 Å². The first kappa shape index (κ1) is 81.8. The fraction of sp³-hybridized carbons (Fsp3) is 0.0968. The number of hydrogen-bond acceptors (Lipinski definition) is 4. The fourth-order valence-electron chi connectivity index (χ4n) is 22.7. The number of benzene rings is 18. The second-order valence-corrected chi connectivity index (χ2v) is 39.0. The highest BCUT2D eigenvalue weighted by atomic mass is 79.9. The van der Waals surface area contributed by atoms with Crippen molar-refractivity contribution in [2.24, 2.45) is 0 Å². The van der Waals surface area contributed by atoms with Crippen molar-refractivity contribution in [2.75, 3.05) is 9.80 Å². The van der Waals surface area contributed by atoms with Gasteiger partial charge in [-0.05, 0) is 288 Å². The van der Waals surface area contributed by atoms with Crippen molar-refractivity contribution in [3.05, 3.63) is 474 Å². The zero-order chi connectivity index (χ0) is 90.6. The molecule has 0 fully saturated rings. The fourth-order valence-corrected chi connectivity index (χ4v) is 23.1. The van der Waals surface area contributed by atoms with Gasteiger partial charge >= 0.3 is 7.69 Å². The van der Waals surface area contributed by atoms with Gasteiger partial charge in [-0.25, -0.2) is 0 Å². The van der Waals surface area contributed by atoms with Crippen LogP contribution in [-0.2, 0) is 21.7 Å². The van der Waals surface area contributed by atoms with Gasteiger partial charge in [-0.1, -0.05) is 296 Å². The molecular formula is C124H95BBrN6O2. The molecule has 0 bridgehead atoms. The molecule has 1 radical (unpaired) electrons. The molecule has 10 heteroatoms. The van der Waals surface area contributed by atoms with Gasteiger partial charge in [-0.15, -0.1) is 0 Å². The Morgan fingerprint density at radius 1 is 0.261 bits per heavy atom. The van der Waals surface area contributed by atoms with Crippen LogP contribution in [0.4, 0.5) is 34.1 Å². The van der Waals surface area contributed by atoms with E-state index in [4.69, 9.17) is 9.68 Å². The molecule has 18 aromatic carbocycles. The van der Waals surface area contributed by atoms with Crippen LogP contribution in [0, 0.1) is 0 Å². The van der Waals surface area contributed by atoms with Crippen LogP contribution in [0.1, 0.15) is 99.9 Å². The van der Waals surface area contributed by atoms with Crippen LogP contribution >= 0.6 is 15.9 Å². The van der Waals surface area contributed by atoms with Crippen LogP contribution in [0.3, 0.4) is 0 Å². The minimum absolute atomic E-state index is 0.0934. The number of fused-ring (bicyclic) bond motifs is 22. The van der Waals surface area contributed by atoms with Crippen LogP contribution in [0.15, 0.2) is 429 Å². The summed E-state index contributed by atoms with van der Waals surface area (Å²) in [5, 5.41) is 16.6. The lowest BCUT2D eigenvalue weighted by atomic mass is 9.82. The Morgan fingerprint density at radius 2 is 0.560 bits per heavy atom. The third kappa shape index (κ3) is 13.0. The highest BCUT2D eigenvalue weighted by Gasteiger charge is 2.41. The molecule has 1 N–H and O–H groups in total. The summed E-state index contributed by atoms with van der Waals surface area (Å²) in [4.78, 5) is 4.79. The van der Waals surface area contributed by atoms with E-state index in [-0.39, 0.29) is 21.7 Å². The average molecular weight is 1790 g/mol. The van der Waals surface area contributed by atoms with E-state index in [1.165, 1.54) is 177 Å². The quantitative estimate of drug-likeness (QED) is 0.117. The van der Waals surface area contributed by atoms with E-state index in [1.54, 1.807) is 0 Å². The van der Waals surface area contributed by atoms with Crippen molar-refractivity contribution >= 4 is 123 Å². The molecule has 22 aromatic rings. The van der Waals surface area contributed by atoms with E-state index in [0.29, 0.717) is 13.4 Å². The second-order valence-electron chi connectivity index (χ2n) is 38.1. The van der Waals surface area contributed by atoms with Gasteiger partial charge in [0.15, 0.2) is 0 Å². The van der Waals surface area contributed by atoms with E-state index in [0.717, 1.165) is 50.0 Å². The SMILES string of the molecule is Brc1ccc2c(c1)c1c3c(ccc1n2-c1ccccc1)ccn3-c1ccccc1.CC1(C)c2ccccc2-c2ccc(N(c3ccc(-c4ccc5c(c4)c4c6c(ccc4n5-c4ccccc4)ccn6-c4ccccc4)cc3)c3ccc4c(c3)C(C)(C)c3ccccc3-4)cc21.CC1(C)c2ccccc2-c2ccc(N(c3ccc(O[B]O)cc3)c3ccc4c(c3)C(C)(C)c3ccccc3-4)cc21. The van der Waals surface area contributed by atoms with E-state index in [2.05, 4.69) is 500 Å². The first-order valence-corrected chi connectivity index (χ1v) is 47.1. The Bertz CT molecular complexity index is 8240. The third-order valence-electron chi connectivity index (χ3n) is 29.3. The second kappa shape index (κ2) is 31.7. The van der Waals surface area contributed by atoms with Crippen molar-refractivity contribution in [1.82, 2.24) is 18.3 Å². The van der Waals surface area contributed by atoms with Gasteiger partial charge in [0.1, 0.15) is 5.75 Å². The van der Waals surface area contributed by atoms with Gasteiger partial charge in [0, 0.05) is 128 Å². The van der Waals surface area contributed by atoms with Crippen LogP contribution < -0.4 is 14.5 Å². The van der Waals surface area contributed by atoms with Gasteiger partial charge in [-0.3, -0.25) is 0 Å². The Morgan fingerprint density at radius 3 is 0.925 bits per heavy atom. The predicted molar refractivity (Wildman–Crippen MR) is 563 cm³/mol. The van der Waals surface area contributed by atoms with Gasteiger partial charge in [0.05, 0.1) is 33.1 Å². The molecule has 0 unspecified atom stereocenters. The molecule has 8 nitrogen and oxygen atoms in total. The average Bonchev–Trinajstić information content (AvgIpc) is 1.56. The molecule has 4 aromatic heterocycles. The molecule has 0 atom stereocenters. The van der Waals surface area contributed by atoms with Crippen LogP contribution in [0.25, 0.3) is 144 Å². The molecular weight excluding hydrogens is 1700 g/mol. The maximum Gasteiger partial charge on any atom is 0.569 e. The minimum atomic E-state index is -0.115. The Balaban J connectivity index is 0.000000121. The number of hydrogen-bond donors (Lipinski definition) is 1. The van der Waals surface area contributed by atoms with Crippen molar-refractivity contribution in [1.29, 1.82) is 0 Å². The molecule has 0 amide bonds. The lowest BCUT2D eigenvalue weighted by Crippen LogP contribution is -2.18. The molecule has 0 spiro atoms. The number of anilines is 6. The van der Waals surface area contributed by atoms with Crippen molar-refractivity contribution < 1.29 is 9.68 Å². The predicted octanol–water partition coefficient (Wildman–Crippen LogP) is 32.6. The maximum absolute atomic E-state index is 9.12. The van der Waals surface area contributed by atoms with E-state index in [9.17, 15) is 0 Å².